The van der Waals surface area contributed by atoms with Crippen LogP contribution in [0.5, 0.6) is 0 Å². The van der Waals surface area contributed by atoms with Crippen molar-refractivity contribution in [1.82, 2.24) is 14.9 Å². The average Bonchev–Trinajstić information content (AvgIpc) is 2.78. The zero-order valence-corrected chi connectivity index (χ0v) is 11.7. The van der Waals surface area contributed by atoms with Gasteiger partial charge in [0.25, 0.3) is 0 Å². The molecule has 0 aromatic carbocycles. The summed E-state index contributed by atoms with van der Waals surface area (Å²) in [7, 11) is 0. The molecule has 1 aromatic rings. The van der Waals surface area contributed by atoms with E-state index in [4.69, 9.17) is 5.73 Å². The minimum absolute atomic E-state index is 0.611. The number of H-pyrrole nitrogens is 1. The molecular weight excluding hydrogens is 224 g/mol. The number of hydrogen-bond acceptors (Lipinski definition) is 3. The van der Waals surface area contributed by atoms with Crippen molar-refractivity contribution in [3.05, 3.63) is 17.7 Å². The van der Waals surface area contributed by atoms with Crippen LogP contribution in [0.15, 0.2) is 6.20 Å². The minimum Gasteiger partial charge on any atom is -0.346 e. The molecule has 1 fully saturated rings. The molecule has 0 unspecified atom stereocenters. The number of likely N-dealkylation sites (tertiary alicyclic amines) is 1. The molecule has 0 spiro atoms. The van der Waals surface area contributed by atoms with Gasteiger partial charge in [0, 0.05) is 30.9 Å². The summed E-state index contributed by atoms with van der Waals surface area (Å²) in [6, 6.07) is 0. The fourth-order valence-corrected chi connectivity index (χ4v) is 2.74. The Balaban J connectivity index is 1.87. The summed E-state index contributed by atoms with van der Waals surface area (Å²) in [5.74, 6) is 2.49. The maximum Gasteiger partial charge on any atom is 0.109 e. The summed E-state index contributed by atoms with van der Waals surface area (Å²) in [5, 5.41) is 0. The zero-order chi connectivity index (χ0) is 13.0. The Morgan fingerprint density at radius 1 is 1.44 bits per heavy atom. The van der Waals surface area contributed by atoms with Gasteiger partial charge in [-0.3, -0.25) is 0 Å². The molecule has 4 heteroatoms. The molecule has 0 radical (unpaired) electrons. The fraction of sp³-hybridized carbons (Fsp3) is 0.786. The number of hydrogen-bond donors (Lipinski definition) is 2. The summed E-state index contributed by atoms with van der Waals surface area (Å²) < 4.78 is 0. The van der Waals surface area contributed by atoms with Crippen molar-refractivity contribution >= 4 is 0 Å². The molecule has 0 atom stereocenters. The molecule has 2 heterocycles. The molecule has 0 saturated carbocycles. The second-order valence-electron chi connectivity index (χ2n) is 5.80. The van der Waals surface area contributed by atoms with Crippen LogP contribution in [0.4, 0.5) is 0 Å². The Kier molecular flexibility index (Phi) is 4.78. The number of aromatic nitrogens is 2. The third-order valence-corrected chi connectivity index (χ3v) is 3.70. The van der Waals surface area contributed by atoms with Gasteiger partial charge in [0.05, 0.1) is 0 Å². The van der Waals surface area contributed by atoms with Crippen molar-refractivity contribution in [2.24, 2.45) is 11.7 Å². The van der Waals surface area contributed by atoms with E-state index in [-0.39, 0.29) is 0 Å². The van der Waals surface area contributed by atoms with Gasteiger partial charge in [0.2, 0.25) is 0 Å². The monoisotopic (exact) mass is 250 g/mol. The average molecular weight is 250 g/mol. The van der Waals surface area contributed by atoms with Crippen molar-refractivity contribution in [2.75, 3.05) is 26.2 Å². The molecule has 18 heavy (non-hydrogen) atoms. The van der Waals surface area contributed by atoms with Gasteiger partial charge in [-0.1, -0.05) is 13.8 Å². The van der Waals surface area contributed by atoms with Gasteiger partial charge in [-0.2, -0.15) is 0 Å². The molecule has 0 aliphatic carbocycles. The lowest BCUT2D eigenvalue weighted by molar-refractivity contribution is 0.215. The highest BCUT2D eigenvalue weighted by atomic mass is 15.1. The maximum atomic E-state index is 5.59. The Morgan fingerprint density at radius 2 is 2.17 bits per heavy atom. The van der Waals surface area contributed by atoms with Crippen LogP contribution in [-0.4, -0.2) is 41.0 Å². The highest BCUT2D eigenvalue weighted by molar-refractivity contribution is 5.07. The van der Waals surface area contributed by atoms with Gasteiger partial charge in [0.15, 0.2) is 0 Å². The molecule has 0 bridgehead atoms. The van der Waals surface area contributed by atoms with Crippen LogP contribution in [0.1, 0.15) is 44.1 Å². The number of nitrogens with zero attached hydrogens (tertiary/aromatic N) is 2. The third kappa shape index (κ3) is 3.56. The summed E-state index contributed by atoms with van der Waals surface area (Å²) >= 11 is 0. The molecule has 2 rings (SSSR count). The lowest BCUT2D eigenvalue weighted by Gasteiger charge is -2.30. The van der Waals surface area contributed by atoms with Gasteiger partial charge in [0.1, 0.15) is 5.82 Å². The van der Waals surface area contributed by atoms with Gasteiger partial charge < -0.3 is 15.6 Å². The molecule has 3 N–H and O–H groups in total. The smallest absolute Gasteiger partial charge is 0.109 e. The van der Waals surface area contributed by atoms with Crippen molar-refractivity contribution in [1.29, 1.82) is 0 Å². The van der Waals surface area contributed by atoms with E-state index in [0.29, 0.717) is 11.8 Å². The van der Waals surface area contributed by atoms with Crippen LogP contribution in [0, 0.1) is 5.92 Å². The largest absolute Gasteiger partial charge is 0.346 e. The lowest BCUT2D eigenvalue weighted by atomic mass is 9.96. The first kappa shape index (κ1) is 13.6. The summed E-state index contributed by atoms with van der Waals surface area (Å²) in [6.07, 6.45) is 5.52. The maximum absolute atomic E-state index is 5.59. The molecule has 4 nitrogen and oxygen atoms in total. The van der Waals surface area contributed by atoms with Crippen LogP contribution in [0.25, 0.3) is 0 Å². The quantitative estimate of drug-likeness (QED) is 0.837. The molecule has 1 aliphatic heterocycles. The molecule has 0 amide bonds. The van der Waals surface area contributed by atoms with Gasteiger partial charge in [-0.15, -0.1) is 0 Å². The van der Waals surface area contributed by atoms with Crippen molar-refractivity contribution in [3.8, 4) is 0 Å². The number of nitrogens with one attached hydrogen (secondary N) is 1. The number of imidazole rings is 1. The van der Waals surface area contributed by atoms with Crippen LogP contribution in [-0.2, 0) is 6.42 Å². The van der Waals surface area contributed by atoms with E-state index in [1.165, 1.54) is 24.4 Å². The molecule has 102 valence electrons. The first-order valence-corrected chi connectivity index (χ1v) is 7.15. The lowest BCUT2D eigenvalue weighted by Crippen LogP contribution is -2.36. The van der Waals surface area contributed by atoms with Gasteiger partial charge >= 0.3 is 0 Å². The predicted octanol–water partition coefficient (Wildman–Crippen LogP) is 1.75. The molecular formula is C14H26N4. The standard InChI is InChI=1S/C14H26N4/c1-11(2)9-13-10-16-14(17-13)12-3-6-18(7-4-12)8-5-15/h10-12H,3-9,15H2,1-2H3,(H,16,17). The third-order valence-electron chi connectivity index (χ3n) is 3.70. The van der Waals surface area contributed by atoms with Gasteiger partial charge in [-0.25, -0.2) is 4.98 Å². The van der Waals surface area contributed by atoms with Crippen molar-refractivity contribution in [2.45, 2.75) is 39.0 Å². The van der Waals surface area contributed by atoms with E-state index < -0.39 is 0 Å². The van der Waals surface area contributed by atoms with E-state index in [1.54, 1.807) is 0 Å². The SMILES string of the molecule is CC(C)Cc1cnc(C2CCN(CCN)CC2)[nH]1. The molecule has 1 aromatic heterocycles. The number of rotatable bonds is 5. The van der Waals surface area contributed by atoms with E-state index in [0.717, 1.165) is 32.6 Å². The molecule has 1 saturated heterocycles. The van der Waals surface area contributed by atoms with E-state index >= 15 is 0 Å². The Morgan fingerprint density at radius 3 is 2.78 bits per heavy atom. The number of piperidine rings is 1. The number of nitrogens with two attached hydrogens (primary N) is 1. The highest BCUT2D eigenvalue weighted by Gasteiger charge is 2.22. The molecule has 1 aliphatic rings. The summed E-state index contributed by atoms with van der Waals surface area (Å²) in [6.45, 7) is 8.59. The van der Waals surface area contributed by atoms with Crippen LogP contribution in [0.3, 0.4) is 0 Å². The van der Waals surface area contributed by atoms with E-state index in [2.05, 4.69) is 28.7 Å². The zero-order valence-electron chi connectivity index (χ0n) is 11.7. The Labute approximate surface area is 110 Å². The summed E-state index contributed by atoms with van der Waals surface area (Å²) in [4.78, 5) is 10.5. The minimum atomic E-state index is 0.611. The Hall–Kier alpha value is -0.870. The predicted molar refractivity (Wildman–Crippen MR) is 74.6 cm³/mol. The van der Waals surface area contributed by atoms with Gasteiger partial charge in [-0.05, 0) is 38.3 Å². The van der Waals surface area contributed by atoms with E-state index in [9.17, 15) is 0 Å². The first-order valence-electron chi connectivity index (χ1n) is 7.15. The van der Waals surface area contributed by atoms with Crippen LogP contribution in [0.2, 0.25) is 0 Å². The second-order valence-corrected chi connectivity index (χ2v) is 5.80. The number of aromatic amines is 1. The van der Waals surface area contributed by atoms with Crippen LogP contribution < -0.4 is 5.73 Å². The first-order chi connectivity index (χ1) is 8.69. The fourth-order valence-electron chi connectivity index (χ4n) is 2.74. The van der Waals surface area contributed by atoms with Crippen molar-refractivity contribution in [3.63, 3.8) is 0 Å². The van der Waals surface area contributed by atoms with Crippen LogP contribution >= 0.6 is 0 Å². The second kappa shape index (κ2) is 6.34. The van der Waals surface area contributed by atoms with E-state index in [1.807, 2.05) is 6.20 Å². The Bertz CT molecular complexity index is 350. The van der Waals surface area contributed by atoms with Crippen molar-refractivity contribution < 1.29 is 0 Å². The summed E-state index contributed by atoms with van der Waals surface area (Å²) in [5.41, 5.74) is 6.88. The normalized spacial score (nSPS) is 18.7. The topological polar surface area (TPSA) is 57.9 Å². The highest BCUT2D eigenvalue weighted by Crippen LogP contribution is 2.25.